The fourth-order valence-electron chi connectivity index (χ4n) is 2.34. The van der Waals surface area contributed by atoms with Crippen LogP contribution >= 0.6 is 11.3 Å². The maximum Gasteiger partial charge on any atom is 0.348 e. The number of pyridine rings is 1. The maximum atomic E-state index is 11.5. The number of anilines is 1. The molecule has 116 valence electrons. The van der Waals surface area contributed by atoms with E-state index in [0.29, 0.717) is 16.3 Å². The molecule has 0 atom stereocenters. The molecular weight excluding hydrogens is 308 g/mol. The van der Waals surface area contributed by atoms with Gasteiger partial charge in [-0.1, -0.05) is 30.3 Å². The third-order valence-corrected chi connectivity index (χ3v) is 4.52. The Morgan fingerprint density at radius 1 is 1.17 bits per heavy atom. The number of benzene rings is 1. The van der Waals surface area contributed by atoms with Crippen LogP contribution in [-0.4, -0.2) is 18.1 Å². The highest BCUT2D eigenvalue weighted by atomic mass is 32.1. The number of aromatic nitrogens is 1. The Morgan fingerprint density at radius 2 is 1.96 bits per heavy atom. The molecule has 23 heavy (non-hydrogen) atoms. The van der Waals surface area contributed by atoms with E-state index in [2.05, 4.69) is 17.1 Å². The number of carbonyl (C=O) groups excluding carboxylic acids is 1. The fourth-order valence-corrected chi connectivity index (χ4v) is 3.28. The van der Waals surface area contributed by atoms with Gasteiger partial charge in [-0.3, -0.25) is 4.98 Å². The Balaban J connectivity index is 1.85. The van der Waals surface area contributed by atoms with Gasteiger partial charge >= 0.3 is 5.97 Å². The third kappa shape index (κ3) is 3.40. The van der Waals surface area contributed by atoms with Crippen molar-refractivity contribution in [2.75, 3.05) is 12.8 Å². The molecule has 0 spiro atoms. The van der Waals surface area contributed by atoms with E-state index in [9.17, 15) is 4.79 Å². The van der Waals surface area contributed by atoms with Crippen LogP contribution in [0.25, 0.3) is 10.6 Å². The Kier molecular flexibility index (Phi) is 4.39. The maximum absolute atomic E-state index is 11.5. The highest BCUT2D eigenvalue weighted by Crippen LogP contribution is 2.31. The van der Waals surface area contributed by atoms with Crippen LogP contribution in [0.1, 0.15) is 20.8 Å². The molecule has 0 saturated heterocycles. The quantitative estimate of drug-likeness (QED) is 0.742. The first kappa shape index (κ1) is 15.2. The molecule has 2 aromatic heterocycles. The van der Waals surface area contributed by atoms with Crippen molar-refractivity contribution in [1.82, 2.24) is 4.98 Å². The molecule has 0 aliphatic rings. The summed E-state index contributed by atoms with van der Waals surface area (Å²) in [4.78, 5) is 17.4. The number of nitrogens with two attached hydrogens (primary N) is 1. The van der Waals surface area contributed by atoms with Crippen molar-refractivity contribution in [2.45, 2.75) is 6.42 Å². The van der Waals surface area contributed by atoms with Gasteiger partial charge in [0.2, 0.25) is 0 Å². The second-order valence-electron chi connectivity index (χ2n) is 5.10. The summed E-state index contributed by atoms with van der Waals surface area (Å²) in [7, 11) is 1.37. The molecule has 0 aliphatic carbocycles. The van der Waals surface area contributed by atoms with Crippen LogP contribution in [0.15, 0.2) is 54.7 Å². The Bertz CT molecular complexity index is 828. The molecule has 0 saturated carbocycles. The monoisotopic (exact) mass is 324 g/mol. The predicted molar refractivity (Wildman–Crippen MR) is 92.5 cm³/mol. The lowest BCUT2D eigenvalue weighted by molar-refractivity contribution is 0.0606. The molecule has 2 heterocycles. The summed E-state index contributed by atoms with van der Waals surface area (Å²) in [5, 5.41) is 0. The number of hydrogen-bond donors (Lipinski definition) is 1. The van der Waals surface area contributed by atoms with Crippen LogP contribution in [0.3, 0.4) is 0 Å². The van der Waals surface area contributed by atoms with Crippen molar-refractivity contribution in [3.63, 3.8) is 0 Å². The van der Waals surface area contributed by atoms with Gasteiger partial charge in [0.15, 0.2) is 0 Å². The van der Waals surface area contributed by atoms with Crippen molar-refractivity contribution in [2.24, 2.45) is 0 Å². The van der Waals surface area contributed by atoms with Crippen LogP contribution in [0.2, 0.25) is 0 Å². The van der Waals surface area contributed by atoms with Gasteiger partial charge in [-0.15, -0.1) is 11.3 Å². The first-order chi connectivity index (χ1) is 11.2. The number of methoxy groups -OCH3 is 1. The lowest BCUT2D eigenvalue weighted by Crippen LogP contribution is -1.97. The van der Waals surface area contributed by atoms with Crippen LogP contribution < -0.4 is 5.73 Å². The molecule has 0 amide bonds. The van der Waals surface area contributed by atoms with Crippen molar-refractivity contribution in [3.8, 4) is 10.6 Å². The van der Waals surface area contributed by atoms with Gasteiger partial charge in [-0.25, -0.2) is 4.79 Å². The molecule has 0 aliphatic heterocycles. The normalized spacial score (nSPS) is 10.5. The highest BCUT2D eigenvalue weighted by Gasteiger charge is 2.13. The zero-order chi connectivity index (χ0) is 16.2. The fraction of sp³-hybridized carbons (Fsp3) is 0.111. The lowest BCUT2D eigenvalue weighted by atomic mass is 10.1. The van der Waals surface area contributed by atoms with E-state index < -0.39 is 0 Å². The van der Waals surface area contributed by atoms with Gasteiger partial charge in [-0.05, 0) is 35.7 Å². The molecule has 0 radical (unpaired) electrons. The Hall–Kier alpha value is -2.66. The third-order valence-electron chi connectivity index (χ3n) is 3.45. The number of nitrogen functional groups attached to an aromatic ring is 1. The summed E-state index contributed by atoms with van der Waals surface area (Å²) in [6.07, 6.45) is 2.62. The average Bonchev–Trinajstić information content (AvgIpc) is 3.05. The second-order valence-corrected chi connectivity index (χ2v) is 6.18. The van der Waals surface area contributed by atoms with E-state index in [1.807, 2.05) is 36.5 Å². The number of nitrogens with zero attached hydrogens (tertiary/aromatic N) is 1. The van der Waals surface area contributed by atoms with Crippen LogP contribution in [0.5, 0.6) is 0 Å². The molecule has 0 unspecified atom stereocenters. The topological polar surface area (TPSA) is 65.2 Å². The first-order valence-corrected chi connectivity index (χ1v) is 7.96. The second kappa shape index (κ2) is 6.62. The molecule has 5 heteroatoms. The SMILES string of the molecule is COC(=O)c1ccc(-c2ncc(Cc3ccccc3)cc2N)s1. The summed E-state index contributed by atoms with van der Waals surface area (Å²) in [6, 6.07) is 15.7. The highest BCUT2D eigenvalue weighted by molar-refractivity contribution is 7.17. The Morgan fingerprint density at radius 3 is 2.65 bits per heavy atom. The smallest absolute Gasteiger partial charge is 0.348 e. The molecule has 0 fully saturated rings. The lowest BCUT2D eigenvalue weighted by Gasteiger charge is -2.06. The Labute approximate surface area is 138 Å². The van der Waals surface area contributed by atoms with Gasteiger partial charge < -0.3 is 10.5 Å². The molecule has 4 nitrogen and oxygen atoms in total. The number of ether oxygens (including phenoxy) is 1. The minimum atomic E-state index is -0.347. The average molecular weight is 324 g/mol. The van der Waals surface area contributed by atoms with E-state index >= 15 is 0 Å². The van der Waals surface area contributed by atoms with E-state index in [1.54, 1.807) is 6.07 Å². The minimum absolute atomic E-state index is 0.347. The molecule has 2 N–H and O–H groups in total. The summed E-state index contributed by atoms with van der Waals surface area (Å²) in [6.45, 7) is 0. The summed E-state index contributed by atoms with van der Waals surface area (Å²) in [5.41, 5.74) is 9.73. The number of esters is 1. The standard InChI is InChI=1S/C18H16N2O2S/c1-22-18(21)16-8-7-15(23-16)17-14(19)10-13(11-20-17)9-12-5-3-2-4-6-12/h2-8,10-11H,9,19H2,1H3. The van der Waals surface area contributed by atoms with Crippen LogP contribution in [0.4, 0.5) is 5.69 Å². The largest absolute Gasteiger partial charge is 0.465 e. The summed E-state index contributed by atoms with van der Waals surface area (Å²) < 4.78 is 4.72. The zero-order valence-corrected chi connectivity index (χ0v) is 13.5. The van der Waals surface area contributed by atoms with Crippen molar-refractivity contribution in [1.29, 1.82) is 0 Å². The first-order valence-electron chi connectivity index (χ1n) is 7.14. The predicted octanol–water partition coefficient (Wildman–Crippen LogP) is 3.77. The van der Waals surface area contributed by atoms with E-state index in [0.717, 1.165) is 16.9 Å². The van der Waals surface area contributed by atoms with Crippen molar-refractivity contribution in [3.05, 3.63) is 70.7 Å². The van der Waals surface area contributed by atoms with E-state index in [1.165, 1.54) is 24.0 Å². The summed E-state index contributed by atoms with van der Waals surface area (Å²) in [5.74, 6) is -0.347. The molecule has 0 bridgehead atoms. The minimum Gasteiger partial charge on any atom is -0.465 e. The summed E-state index contributed by atoms with van der Waals surface area (Å²) >= 11 is 1.33. The van der Waals surface area contributed by atoms with Gasteiger partial charge in [0.25, 0.3) is 0 Å². The van der Waals surface area contributed by atoms with E-state index in [4.69, 9.17) is 10.5 Å². The van der Waals surface area contributed by atoms with Gasteiger partial charge in [-0.2, -0.15) is 0 Å². The number of thiophene rings is 1. The van der Waals surface area contributed by atoms with Crippen molar-refractivity contribution < 1.29 is 9.53 Å². The van der Waals surface area contributed by atoms with Gasteiger partial charge in [0, 0.05) is 6.20 Å². The molecular formula is C18H16N2O2S. The number of rotatable bonds is 4. The van der Waals surface area contributed by atoms with Crippen LogP contribution in [-0.2, 0) is 11.2 Å². The van der Waals surface area contributed by atoms with Gasteiger partial charge in [0.05, 0.1) is 17.7 Å². The molecule has 3 aromatic rings. The molecule has 3 rings (SSSR count). The zero-order valence-electron chi connectivity index (χ0n) is 12.7. The number of carbonyl (C=O) groups is 1. The van der Waals surface area contributed by atoms with Crippen molar-refractivity contribution >= 4 is 23.0 Å². The van der Waals surface area contributed by atoms with Gasteiger partial charge in [0.1, 0.15) is 10.6 Å². The molecule has 1 aromatic carbocycles. The van der Waals surface area contributed by atoms with E-state index in [-0.39, 0.29) is 5.97 Å². The van der Waals surface area contributed by atoms with Crippen LogP contribution in [0, 0.1) is 0 Å². The number of hydrogen-bond acceptors (Lipinski definition) is 5.